The number of rotatable bonds is 2. The predicted molar refractivity (Wildman–Crippen MR) is 102 cm³/mol. The molecule has 1 saturated heterocycles. The van der Waals surface area contributed by atoms with Crippen molar-refractivity contribution in [1.29, 1.82) is 0 Å². The van der Waals surface area contributed by atoms with Gasteiger partial charge >= 0.3 is 0 Å². The molecule has 2 heterocycles. The van der Waals surface area contributed by atoms with E-state index >= 15 is 0 Å². The van der Waals surface area contributed by atoms with Gasteiger partial charge in [-0.15, -0.1) is 0 Å². The Balaban J connectivity index is 1.93. The summed E-state index contributed by atoms with van der Waals surface area (Å²) in [7, 11) is 0. The lowest BCUT2D eigenvalue weighted by Crippen LogP contribution is -2.41. The van der Waals surface area contributed by atoms with Crippen molar-refractivity contribution in [2.45, 2.75) is 18.3 Å². The minimum Gasteiger partial charge on any atom is -0.376 e. The highest BCUT2D eigenvalue weighted by Crippen LogP contribution is 2.52. The first-order chi connectivity index (χ1) is 12.5. The van der Waals surface area contributed by atoms with Crippen LogP contribution in [-0.4, -0.2) is 23.9 Å². The summed E-state index contributed by atoms with van der Waals surface area (Å²) in [5.41, 5.74) is 1.12. The molecule has 4 rings (SSSR count). The average Bonchev–Trinajstić information content (AvgIpc) is 3.10. The number of anilines is 1. The number of benzene rings is 2. The number of hydrogen-bond acceptors (Lipinski definition) is 2. The number of nitrogens with one attached hydrogen (secondary N) is 1. The molecule has 0 radical (unpaired) electrons. The molecular weight excluding hydrogens is 374 g/mol. The first-order valence-corrected chi connectivity index (χ1v) is 9.15. The number of nitrogens with zero attached hydrogens (tertiary/aromatic N) is 1. The number of fused-ring (bicyclic) bond motifs is 2. The van der Waals surface area contributed by atoms with Crippen molar-refractivity contribution in [2.75, 3.05) is 18.4 Å². The molecule has 1 spiro atoms. The van der Waals surface area contributed by atoms with Crippen molar-refractivity contribution in [3.05, 3.63) is 75.7 Å². The lowest BCUT2D eigenvalue weighted by atomic mass is 9.70. The minimum atomic E-state index is -0.884. The Labute approximate surface area is 161 Å². The Hall–Kier alpha value is -2.04. The van der Waals surface area contributed by atoms with E-state index in [9.17, 15) is 9.18 Å². The Bertz CT molecular complexity index is 930. The van der Waals surface area contributed by atoms with Crippen molar-refractivity contribution in [1.82, 2.24) is 4.90 Å². The van der Waals surface area contributed by atoms with Crippen molar-refractivity contribution in [3.8, 4) is 0 Å². The molecule has 3 nitrogen and oxygen atoms in total. The van der Waals surface area contributed by atoms with Crippen LogP contribution in [0.25, 0.3) is 0 Å². The first-order valence-electron chi connectivity index (χ1n) is 8.39. The third-order valence-electron chi connectivity index (χ3n) is 5.30. The summed E-state index contributed by atoms with van der Waals surface area (Å²) in [6.45, 7) is 2.91. The summed E-state index contributed by atoms with van der Waals surface area (Å²) in [4.78, 5) is 15.2. The molecule has 26 heavy (non-hydrogen) atoms. The molecule has 0 bridgehead atoms. The molecule has 134 valence electrons. The van der Waals surface area contributed by atoms with Gasteiger partial charge < -0.3 is 10.2 Å². The van der Waals surface area contributed by atoms with E-state index in [1.807, 2.05) is 30.2 Å². The Morgan fingerprint density at radius 2 is 2.12 bits per heavy atom. The molecule has 2 aliphatic heterocycles. The summed E-state index contributed by atoms with van der Waals surface area (Å²) < 4.78 is 14.8. The molecule has 0 aliphatic carbocycles. The number of allylic oxidation sites excluding steroid dienone is 1. The fourth-order valence-electron chi connectivity index (χ4n) is 4.23. The van der Waals surface area contributed by atoms with Gasteiger partial charge in [-0.05, 0) is 42.4 Å². The zero-order valence-corrected chi connectivity index (χ0v) is 15.6. The van der Waals surface area contributed by atoms with E-state index in [0.717, 1.165) is 5.56 Å². The van der Waals surface area contributed by atoms with E-state index in [2.05, 4.69) is 5.32 Å². The Morgan fingerprint density at radius 1 is 1.31 bits per heavy atom. The predicted octanol–water partition coefficient (Wildman–Crippen LogP) is 4.96. The molecule has 2 aromatic carbocycles. The van der Waals surface area contributed by atoms with E-state index < -0.39 is 11.2 Å². The van der Waals surface area contributed by atoms with Crippen LogP contribution in [-0.2, 0) is 10.2 Å². The van der Waals surface area contributed by atoms with Gasteiger partial charge in [0.15, 0.2) is 0 Å². The highest BCUT2D eigenvalue weighted by Gasteiger charge is 2.58. The largest absolute Gasteiger partial charge is 0.376 e. The molecule has 1 fully saturated rings. The number of carbonyl (C=O) groups excluding carboxylic acids is 1. The second-order valence-corrected chi connectivity index (χ2v) is 7.57. The molecule has 2 aliphatic rings. The summed E-state index contributed by atoms with van der Waals surface area (Å²) in [6, 6.07) is 10.3. The number of carbonyl (C=O) groups is 1. The fourth-order valence-corrected chi connectivity index (χ4v) is 4.59. The highest BCUT2D eigenvalue weighted by molar-refractivity contribution is 6.31. The van der Waals surface area contributed by atoms with Crippen LogP contribution in [0.15, 0.2) is 48.7 Å². The van der Waals surface area contributed by atoms with Gasteiger partial charge in [-0.2, -0.15) is 0 Å². The maximum atomic E-state index is 14.8. The van der Waals surface area contributed by atoms with Crippen LogP contribution < -0.4 is 5.32 Å². The Kier molecular flexibility index (Phi) is 4.20. The average molecular weight is 391 g/mol. The summed E-state index contributed by atoms with van der Waals surface area (Å²) >= 11 is 12.1. The van der Waals surface area contributed by atoms with Gasteiger partial charge in [0.1, 0.15) is 11.2 Å². The van der Waals surface area contributed by atoms with Gasteiger partial charge in [-0.25, -0.2) is 4.39 Å². The third-order valence-corrected chi connectivity index (χ3v) is 5.82. The zero-order valence-electron chi connectivity index (χ0n) is 14.1. The van der Waals surface area contributed by atoms with Crippen molar-refractivity contribution >= 4 is 34.8 Å². The summed E-state index contributed by atoms with van der Waals surface area (Å²) in [5.74, 6) is -0.956. The standard InChI is InChI=1S/C20H17Cl2FN2O/c1-2-8-25-10-15(13-4-3-5-16(22)18(13)23)20(11-25)14-7-6-12(21)9-17(14)24-19(20)26/h2-9,15H,10-11H2,1H3,(H,24,26)/t15?,20-/m0/s1. The number of halogens is 3. The molecule has 0 saturated carbocycles. The van der Waals surface area contributed by atoms with Crippen molar-refractivity contribution in [3.63, 3.8) is 0 Å². The molecule has 1 N–H and O–H groups in total. The zero-order chi connectivity index (χ0) is 18.5. The molecular formula is C20H17Cl2FN2O. The maximum Gasteiger partial charge on any atom is 0.237 e. The molecule has 1 unspecified atom stereocenters. The van der Waals surface area contributed by atoms with E-state index in [1.54, 1.807) is 24.3 Å². The molecule has 6 heteroatoms. The normalized spacial score (nSPS) is 24.5. The minimum absolute atomic E-state index is 0.0665. The van der Waals surface area contributed by atoms with Crippen LogP contribution in [0.4, 0.5) is 10.1 Å². The lowest BCUT2D eigenvalue weighted by molar-refractivity contribution is -0.120. The molecule has 0 aromatic heterocycles. The summed E-state index contributed by atoms with van der Waals surface area (Å²) in [5, 5.41) is 3.56. The van der Waals surface area contributed by atoms with Crippen LogP contribution in [0.5, 0.6) is 0 Å². The molecule has 1 amide bonds. The number of amides is 1. The van der Waals surface area contributed by atoms with Gasteiger partial charge in [0.05, 0.1) is 5.02 Å². The van der Waals surface area contributed by atoms with E-state index in [0.29, 0.717) is 29.4 Å². The highest BCUT2D eigenvalue weighted by atomic mass is 35.5. The maximum absolute atomic E-state index is 14.8. The van der Waals surface area contributed by atoms with Gasteiger partial charge in [-0.1, -0.05) is 47.5 Å². The van der Waals surface area contributed by atoms with E-state index in [4.69, 9.17) is 23.2 Å². The van der Waals surface area contributed by atoms with Gasteiger partial charge in [-0.3, -0.25) is 4.79 Å². The number of hydrogen-bond donors (Lipinski definition) is 1. The second-order valence-electron chi connectivity index (χ2n) is 6.72. The Morgan fingerprint density at radius 3 is 2.88 bits per heavy atom. The topological polar surface area (TPSA) is 32.3 Å². The van der Waals surface area contributed by atoms with E-state index in [-0.39, 0.29) is 16.8 Å². The van der Waals surface area contributed by atoms with Crippen molar-refractivity contribution < 1.29 is 9.18 Å². The van der Waals surface area contributed by atoms with Crippen molar-refractivity contribution in [2.24, 2.45) is 0 Å². The van der Waals surface area contributed by atoms with Gasteiger partial charge in [0.25, 0.3) is 0 Å². The fraction of sp³-hybridized carbons (Fsp3) is 0.250. The van der Waals surface area contributed by atoms with Crippen LogP contribution in [0.3, 0.4) is 0 Å². The lowest BCUT2D eigenvalue weighted by Gasteiger charge is -2.29. The van der Waals surface area contributed by atoms with Crippen LogP contribution in [0.1, 0.15) is 24.0 Å². The van der Waals surface area contributed by atoms with Crippen LogP contribution in [0, 0.1) is 5.82 Å². The van der Waals surface area contributed by atoms with E-state index in [1.165, 1.54) is 6.07 Å². The number of likely N-dealkylation sites (tertiary alicyclic amines) is 1. The third kappa shape index (κ3) is 2.43. The first kappa shape index (κ1) is 17.4. The molecule has 2 aromatic rings. The monoisotopic (exact) mass is 390 g/mol. The van der Waals surface area contributed by atoms with Gasteiger partial charge in [0.2, 0.25) is 5.91 Å². The second kappa shape index (κ2) is 6.29. The van der Waals surface area contributed by atoms with Gasteiger partial charge in [0, 0.05) is 29.7 Å². The smallest absolute Gasteiger partial charge is 0.237 e. The quantitative estimate of drug-likeness (QED) is 0.785. The van der Waals surface area contributed by atoms with Crippen LogP contribution in [0.2, 0.25) is 10.0 Å². The van der Waals surface area contributed by atoms with Crippen LogP contribution >= 0.6 is 23.2 Å². The SMILES string of the molecule is CC=CN1CC(c2cccc(Cl)c2F)[C@@]2(C1)C(=O)Nc1cc(Cl)ccc12. The summed E-state index contributed by atoms with van der Waals surface area (Å²) in [6.07, 6.45) is 3.85. The molecule has 2 atom stereocenters.